The lowest BCUT2D eigenvalue weighted by atomic mass is 10.0. The van der Waals surface area contributed by atoms with Crippen LogP contribution in [0.4, 0.5) is 17.5 Å². The number of hydrogen-bond acceptors (Lipinski definition) is 11. The summed E-state index contributed by atoms with van der Waals surface area (Å²) in [4.78, 5) is 64.9. The van der Waals surface area contributed by atoms with Crippen LogP contribution in [0.5, 0.6) is 0 Å². The zero-order chi connectivity index (χ0) is 33.1. The second-order valence-corrected chi connectivity index (χ2v) is 9.55. The zero-order valence-electron chi connectivity index (χ0n) is 25.0. The van der Waals surface area contributed by atoms with Crippen molar-refractivity contribution in [3.63, 3.8) is 0 Å². The Bertz CT molecular complexity index is 1700. The first kappa shape index (κ1) is 33.6. The van der Waals surface area contributed by atoms with Crippen LogP contribution in [0.25, 0.3) is 11.2 Å². The van der Waals surface area contributed by atoms with Crippen molar-refractivity contribution in [2.24, 2.45) is 0 Å². The maximum atomic E-state index is 12.7. The SMILES string of the molecule is CC.Cc1ccc(C(=O)NCCC[C@H](NC(=O)c2ccc(NCc3cnc4nc(N)nc(N)c4n3)cc2)C(=O)O)c(C(=O)O)c1. The van der Waals surface area contributed by atoms with Crippen LogP contribution in [0, 0.1) is 6.92 Å². The summed E-state index contributed by atoms with van der Waals surface area (Å²) in [5, 5.41) is 27.2. The number of nitrogens with one attached hydrogen (secondary N) is 3. The third-order valence-corrected chi connectivity index (χ3v) is 6.33. The van der Waals surface area contributed by atoms with Crippen molar-refractivity contribution in [3.8, 4) is 0 Å². The highest BCUT2D eigenvalue weighted by Gasteiger charge is 2.21. The molecule has 0 aliphatic rings. The number of carbonyl (C=O) groups is 4. The van der Waals surface area contributed by atoms with Gasteiger partial charge in [-0.2, -0.15) is 9.97 Å². The Morgan fingerprint density at radius 1 is 0.911 bits per heavy atom. The first-order valence-electron chi connectivity index (χ1n) is 14.1. The van der Waals surface area contributed by atoms with E-state index in [-0.39, 0.29) is 60.0 Å². The summed E-state index contributed by atoms with van der Waals surface area (Å²) in [5.74, 6) is -3.49. The molecule has 0 radical (unpaired) electrons. The third-order valence-electron chi connectivity index (χ3n) is 6.33. The Morgan fingerprint density at radius 2 is 1.62 bits per heavy atom. The number of nitrogens with zero attached hydrogens (tertiary/aromatic N) is 4. The van der Waals surface area contributed by atoms with E-state index in [0.29, 0.717) is 22.5 Å². The predicted molar refractivity (Wildman–Crippen MR) is 168 cm³/mol. The average Bonchev–Trinajstić information content (AvgIpc) is 3.02. The number of carbonyl (C=O) groups excluding carboxylic acids is 2. The van der Waals surface area contributed by atoms with Crippen molar-refractivity contribution in [3.05, 3.63) is 76.6 Å². The van der Waals surface area contributed by atoms with Crippen LogP contribution in [-0.4, -0.2) is 66.5 Å². The second kappa shape index (κ2) is 15.6. The molecular formula is C30H35N9O6. The molecule has 0 aliphatic carbocycles. The number of aromatic nitrogens is 4. The Labute approximate surface area is 258 Å². The molecule has 1 atom stereocenters. The summed E-state index contributed by atoms with van der Waals surface area (Å²) in [5.41, 5.74) is 14.1. The van der Waals surface area contributed by atoms with Crippen LogP contribution in [0.3, 0.4) is 0 Å². The van der Waals surface area contributed by atoms with Gasteiger partial charge in [-0.3, -0.25) is 9.59 Å². The standard InChI is InChI=1S/C28H29N9O6.C2H6/c1-14-4-9-18(19(11-14)26(40)41)25(39)31-10-2-3-20(27(42)43)35-24(38)15-5-7-16(8-6-15)32-12-17-13-33-23-21(34-17)22(29)36-28(30)37-23;1-2/h4-9,11,13,20,32H,2-3,10,12H2,1H3,(H,31,39)(H,35,38)(H,40,41)(H,42,43)(H4,29,30,33,36,37);1-2H3/t20-;/m0./s1. The number of fused-ring (bicyclic) bond motifs is 1. The number of carboxylic acids is 2. The van der Waals surface area contributed by atoms with E-state index < -0.39 is 29.8 Å². The maximum Gasteiger partial charge on any atom is 0.336 e. The normalized spacial score (nSPS) is 11.1. The van der Waals surface area contributed by atoms with Crippen molar-refractivity contribution in [2.45, 2.75) is 46.2 Å². The minimum absolute atomic E-state index is 0.00368. The van der Waals surface area contributed by atoms with Crippen LogP contribution in [0.1, 0.15) is 69.0 Å². The summed E-state index contributed by atoms with van der Waals surface area (Å²) in [7, 11) is 0. The highest BCUT2D eigenvalue weighted by atomic mass is 16.4. The fourth-order valence-corrected chi connectivity index (χ4v) is 4.14. The van der Waals surface area contributed by atoms with Crippen molar-refractivity contribution < 1.29 is 29.4 Å². The highest BCUT2D eigenvalue weighted by molar-refractivity contribution is 6.05. The van der Waals surface area contributed by atoms with E-state index in [4.69, 9.17) is 11.5 Å². The number of hydrogen-bond donors (Lipinski definition) is 7. The van der Waals surface area contributed by atoms with Gasteiger partial charge >= 0.3 is 11.9 Å². The number of carboxylic acid groups (broad SMARTS) is 2. The molecule has 4 aromatic rings. The molecule has 2 aromatic carbocycles. The maximum absolute atomic E-state index is 12.7. The Morgan fingerprint density at radius 3 is 2.29 bits per heavy atom. The van der Waals surface area contributed by atoms with Crippen molar-refractivity contribution >= 4 is 52.4 Å². The van der Waals surface area contributed by atoms with Crippen molar-refractivity contribution in [1.82, 2.24) is 30.6 Å². The average molecular weight is 618 g/mol. The monoisotopic (exact) mass is 617 g/mol. The van der Waals surface area contributed by atoms with Gasteiger partial charge in [-0.25, -0.2) is 19.6 Å². The van der Waals surface area contributed by atoms with Gasteiger partial charge in [0.2, 0.25) is 5.95 Å². The van der Waals surface area contributed by atoms with Gasteiger partial charge in [-0.15, -0.1) is 0 Å². The van der Waals surface area contributed by atoms with Gasteiger partial charge in [-0.1, -0.05) is 25.5 Å². The van der Waals surface area contributed by atoms with E-state index in [2.05, 4.69) is 35.9 Å². The quantitative estimate of drug-likeness (QED) is 0.113. The first-order chi connectivity index (χ1) is 21.5. The van der Waals surface area contributed by atoms with Gasteiger partial charge in [0.25, 0.3) is 11.8 Å². The molecule has 0 saturated carbocycles. The minimum atomic E-state index is -1.23. The van der Waals surface area contributed by atoms with Gasteiger partial charge < -0.3 is 37.6 Å². The zero-order valence-corrected chi connectivity index (χ0v) is 25.0. The summed E-state index contributed by atoms with van der Waals surface area (Å²) in [6, 6.07) is 9.65. The van der Waals surface area contributed by atoms with Crippen LogP contribution in [0.2, 0.25) is 0 Å². The second-order valence-electron chi connectivity index (χ2n) is 9.55. The molecule has 236 valence electrons. The molecule has 0 saturated heterocycles. The van der Waals surface area contributed by atoms with E-state index in [9.17, 15) is 29.4 Å². The molecule has 9 N–H and O–H groups in total. The molecule has 0 fully saturated rings. The number of rotatable bonds is 12. The number of anilines is 3. The summed E-state index contributed by atoms with van der Waals surface area (Å²) < 4.78 is 0. The van der Waals surface area contributed by atoms with Gasteiger partial charge in [0.05, 0.1) is 29.6 Å². The fraction of sp³-hybridized carbons (Fsp3) is 0.267. The number of benzene rings is 2. The van der Waals surface area contributed by atoms with Crippen LogP contribution >= 0.6 is 0 Å². The molecular weight excluding hydrogens is 582 g/mol. The summed E-state index contributed by atoms with van der Waals surface area (Å²) >= 11 is 0. The number of amides is 2. The van der Waals surface area contributed by atoms with E-state index in [1.807, 2.05) is 13.8 Å². The predicted octanol–water partition coefficient (Wildman–Crippen LogP) is 2.62. The number of aliphatic carboxylic acids is 1. The Hall–Kier alpha value is -5.86. The highest BCUT2D eigenvalue weighted by Crippen LogP contribution is 2.16. The topological polar surface area (TPSA) is 248 Å². The van der Waals surface area contributed by atoms with Crippen molar-refractivity contribution in [2.75, 3.05) is 23.3 Å². The third kappa shape index (κ3) is 9.06. The Kier molecular flexibility index (Phi) is 11.6. The molecule has 45 heavy (non-hydrogen) atoms. The number of aryl methyl sites for hydroxylation is 1. The number of nitrogens with two attached hydrogens (primary N) is 2. The Balaban J connectivity index is 0.00000271. The van der Waals surface area contributed by atoms with E-state index in [0.717, 1.165) is 0 Å². The van der Waals surface area contributed by atoms with Crippen LogP contribution < -0.4 is 27.4 Å². The molecule has 4 rings (SSSR count). The molecule has 2 amide bonds. The van der Waals surface area contributed by atoms with Gasteiger partial charge in [0.1, 0.15) is 6.04 Å². The molecule has 0 spiro atoms. The lowest BCUT2D eigenvalue weighted by Gasteiger charge is -2.15. The van der Waals surface area contributed by atoms with Gasteiger partial charge in [-0.05, 0) is 56.2 Å². The number of aromatic carboxylic acids is 1. The van der Waals surface area contributed by atoms with Gasteiger partial charge in [0.15, 0.2) is 17.0 Å². The van der Waals surface area contributed by atoms with E-state index >= 15 is 0 Å². The van der Waals surface area contributed by atoms with Gasteiger partial charge in [0, 0.05) is 17.8 Å². The van der Waals surface area contributed by atoms with Crippen LogP contribution in [-0.2, 0) is 11.3 Å². The molecule has 2 aromatic heterocycles. The first-order valence-corrected chi connectivity index (χ1v) is 14.1. The lowest BCUT2D eigenvalue weighted by molar-refractivity contribution is -0.139. The van der Waals surface area contributed by atoms with E-state index in [1.165, 1.54) is 18.3 Å². The molecule has 0 bridgehead atoms. The molecule has 15 heteroatoms. The molecule has 15 nitrogen and oxygen atoms in total. The summed E-state index contributed by atoms with van der Waals surface area (Å²) in [6.07, 6.45) is 1.79. The molecule has 0 unspecified atom stereocenters. The molecule has 0 aliphatic heterocycles. The smallest absolute Gasteiger partial charge is 0.336 e. The van der Waals surface area contributed by atoms with E-state index in [1.54, 1.807) is 37.3 Å². The van der Waals surface area contributed by atoms with Crippen molar-refractivity contribution in [1.29, 1.82) is 0 Å². The van der Waals surface area contributed by atoms with Crippen LogP contribution in [0.15, 0.2) is 48.7 Å². The fourth-order valence-electron chi connectivity index (χ4n) is 4.14. The number of nitrogen functional groups attached to an aromatic ring is 2. The summed E-state index contributed by atoms with van der Waals surface area (Å²) in [6.45, 7) is 6.09. The molecule has 2 heterocycles. The lowest BCUT2D eigenvalue weighted by Crippen LogP contribution is -2.41. The minimum Gasteiger partial charge on any atom is -0.480 e. The largest absolute Gasteiger partial charge is 0.480 e.